The summed E-state index contributed by atoms with van der Waals surface area (Å²) in [5.74, 6) is 0.139. The van der Waals surface area contributed by atoms with E-state index in [1.165, 1.54) is 0 Å². The summed E-state index contributed by atoms with van der Waals surface area (Å²) < 4.78 is 13.2. The number of anilines is 3. The number of nitrogens with one attached hydrogen (secondary N) is 3. The average molecular weight is 633 g/mol. The quantitative estimate of drug-likeness (QED) is 0.369. The molecule has 2 aromatic heterocycles. The lowest BCUT2D eigenvalue weighted by Crippen LogP contribution is -2.56. The summed E-state index contributed by atoms with van der Waals surface area (Å²) in [5.41, 5.74) is 3.54. The van der Waals surface area contributed by atoms with Crippen molar-refractivity contribution in [1.82, 2.24) is 20.1 Å². The topological polar surface area (TPSA) is 152 Å². The number of nitrogens with zero attached hydrogens (tertiary/aromatic N) is 5. The molecule has 2 aliphatic rings. The van der Waals surface area contributed by atoms with Gasteiger partial charge in [0.15, 0.2) is 0 Å². The van der Waals surface area contributed by atoms with E-state index in [4.69, 9.17) is 9.47 Å². The molecule has 4 heterocycles. The first-order chi connectivity index (χ1) is 21.2. The van der Waals surface area contributed by atoms with E-state index in [9.17, 15) is 14.4 Å². The Morgan fingerprint density at radius 2 is 1.91 bits per heavy atom. The minimum absolute atomic E-state index is 0.322. The smallest absolute Gasteiger partial charge is 0.408 e. The molecule has 3 amide bonds. The summed E-state index contributed by atoms with van der Waals surface area (Å²) in [6.45, 7) is 9.81. The van der Waals surface area contributed by atoms with Crippen molar-refractivity contribution >= 4 is 51.2 Å². The lowest BCUT2D eigenvalue weighted by atomic mass is 10.1. The van der Waals surface area contributed by atoms with Crippen molar-refractivity contribution in [2.24, 2.45) is 12.0 Å². The van der Waals surface area contributed by atoms with Gasteiger partial charge in [0.25, 0.3) is 5.91 Å². The van der Waals surface area contributed by atoms with Crippen LogP contribution in [0.25, 0.3) is 11.3 Å². The Kier molecular flexibility index (Phi) is 8.69. The number of hydrogen-bond donors (Lipinski definition) is 3. The highest BCUT2D eigenvalue weighted by Crippen LogP contribution is 2.40. The molecule has 0 spiro atoms. The number of ether oxygens (including phenoxy) is 2. The maximum atomic E-state index is 13.6. The number of aliphatic imine (C=N–C) groups is 1. The molecular formula is C31H40N8O5Si. The van der Waals surface area contributed by atoms with Gasteiger partial charge in [-0.15, -0.1) is 0 Å². The number of carbonyl (C=O) groups is 3. The summed E-state index contributed by atoms with van der Waals surface area (Å²) >= 11 is 0. The van der Waals surface area contributed by atoms with E-state index in [1.807, 2.05) is 31.0 Å². The van der Waals surface area contributed by atoms with Crippen LogP contribution in [0, 0.1) is 6.92 Å². The molecule has 0 fully saturated rings. The third-order valence-electron chi connectivity index (χ3n) is 7.27. The Labute approximate surface area is 265 Å². The highest BCUT2D eigenvalue weighted by molar-refractivity contribution is 6.32. The van der Waals surface area contributed by atoms with E-state index >= 15 is 0 Å². The predicted molar refractivity (Wildman–Crippen MR) is 176 cm³/mol. The standard InChI is InChI=1S/C31H40N8O5Si/c1-18-15-19-16-23(33-18)20-17-32-38(6)26(20)43-14-9-7-8-13-39-24-21(11-10-12-22(24)35-28(39)36-25(19)40)34-27(41)31(5,45)37-29(42)44-30(2,3)4/h10-12,15-17H,7-9,13-14H2,1-6,45H3,(H,34,41)(H,37,42)(H,35,36,40). The fourth-order valence-corrected chi connectivity index (χ4v) is 5.44. The molecule has 2 bridgehead atoms. The van der Waals surface area contributed by atoms with Crippen LogP contribution < -0.4 is 25.6 Å². The van der Waals surface area contributed by atoms with Crippen molar-refractivity contribution in [3.8, 4) is 17.1 Å². The summed E-state index contributed by atoms with van der Waals surface area (Å²) in [6.07, 6.45) is 3.44. The minimum atomic E-state index is -1.15. The highest BCUT2D eigenvalue weighted by Gasteiger charge is 2.34. The van der Waals surface area contributed by atoms with E-state index in [0.29, 0.717) is 74.8 Å². The van der Waals surface area contributed by atoms with Gasteiger partial charge in [0.05, 0.1) is 46.3 Å². The van der Waals surface area contributed by atoms with Gasteiger partial charge in [0.2, 0.25) is 17.7 Å². The molecule has 0 saturated carbocycles. The Bertz CT molecular complexity index is 1680. The van der Waals surface area contributed by atoms with Crippen LogP contribution in [0.5, 0.6) is 5.88 Å². The zero-order valence-corrected chi connectivity index (χ0v) is 28.8. The van der Waals surface area contributed by atoms with E-state index in [0.717, 1.165) is 19.3 Å². The second-order valence-electron chi connectivity index (χ2n) is 12.7. The van der Waals surface area contributed by atoms with Crippen molar-refractivity contribution in [2.75, 3.05) is 28.7 Å². The zero-order valence-electron chi connectivity index (χ0n) is 26.8. The number of pyridine rings is 1. The van der Waals surface area contributed by atoms with Gasteiger partial charge in [-0.3, -0.25) is 14.6 Å². The van der Waals surface area contributed by atoms with Crippen LogP contribution in [0.1, 0.15) is 63.0 Å². The van der Waals surface area contributed by atoms with Crippen molar-refractivity contribution in [1.29, 1.82) is 0 Å². The largest absolute Gasteiger partial charge is 0.477 e. The van der Waals surface area contributed by atoms with Gasteiger partial charge >= 0.3 is 6.09 Å². The number of alkyl carbamates (subject to hydrolysis) is 1. The summed E-state index contributed by atoms with van der Waals surface area (Å²) in [6, 6.07) is 8.87. The Balaban J connectivity index is 1.46. The number of guanidine groups is 1. The number of rotatable bonds is 3. The van der Waals surface area contributed by atoms with E-state index in [-0.39, 0.29) is 5.91 Å². The lowest BCUT2D eigenvalue weighted by Gasteiger charge is -2.28. The first-order valence-electron chi connectivity index (χ1n) is 15.0. The zero-order chi connectivity index (χ0) is 32.5. The van der Waals surface area contributed by atoms with Crippen LogP contribution >= 0.6 is 0 Å². The van der Waals surface area contributed by atoms with Gasteiger partial charge in [-0.2, -0.15) is 10.1 Å². The molecule has 3 N–H and O–H groups in total. The Morgan fingerprint density at radius 3 is 2.67 bits per heavy atom. The highest BCUT2D eigenvalue weighted by atomic mass is 28.1. The number of amides is 3. The molecule has 1 atom stereocenters. The molecule has 238 valence electrons. The number of aryl methyl sites for hydroxylation is 2. The number of carbonyl (C=O) groups excluding carboxylic acids is 3. The Morgan fingerprint density at radius 1 is 1.13 bits per heavy atom. The number of hydrogen-bond acceptors (Lipinski definition) is 9. The predicted octanol–water partition coefficient (Wildman–Crippen LogP) is 3.33. The second kappa shape index (κ2) is 12.3. The average Bonchev–Trinajstić information content (AvgIpc) is 3.48. The van der Waals surface area contributed by atoms with Crippen molar-refractivity contribution in [2.45, 2.75) is 64.6 Å². The minimum Gasteiger partial charge on any atom is -0.477 e. The first-order valence-corrected chi connectivity index (χ1v) is 16.0. The van der Waals surface area contributed by atoms with Crippen LogP contribution in [-0.2, 0) is 16.6 Å². The molecule has 5 rings (SSSR count). The molecule has 14 heteroatoms. The molecular weight excluding hydrogens is 592 g/mol. The summed E-state index contributed by atoms with van der Waals surface area (Å²) in [7, 11) is 2.13. The fraction of sp³-hybridized carbons (Fsp3) is 0.419. The van der Waals surface area contributed by atoms with Gasteiger partial charge in [-0.25, -0.2) is 9.48 Å². The van der Waals surface area contributed by atoms with Gasteiger partial charge < -0.3 is 30.3 Å². The third-order valence-corrected chi connectivity index (χ3v) is 7.97. The molecule has 3 aromatic rings. The van der Waals surface area contributed by atoms with Crippen LogP contribution in [-0.4, -0.2) is 72.8 Å². The molecule has 1 unspecified atom stereocenters. The second-order valence-corrected chi connectivity index (χ2v) is 14.7. The van der Waals surface area contributed by atoms with E-state index < -0.39 is 22.8 Å². The number of fused-ring (bicyclic) bond motifs is 7. The lowest BCUT2D eigenvalue weighted by molar-refractivity contribution is -0.119. The molecule has 1 aromatic carbocycles. The fourth-order valence-electron chi connectivity index (χ4n) is 5.11. The summed E-state index contributed by atoms with van der Waals surface area (Å²) in [5, 5.41) is 12.2. The van der Waals surface area contributed by atoms with Crippen molar-refractivity contribution in [3.05, 3.63) is 47.8 Å². The third kappa shape index (κ3) is 7.17. The van der Waals surface area contributed by atoms with Crippen molar-refractivity contribution in [3.63, 3.8) is 0 Å². The first kappa shape index (κ1) is 31.7. The van der Waals surface area contributed by atoms with Gasteiger partial charge in [0, 0.05) is 35.1 Å². The molecule has 0 saturated heterocycles. The maximum Gasteiger partial charge on any atom is 0.408 e. The molecule has 45 heavy (non-hydrogen) atoms. The number of benzene rings is 1. The molecule has 2 aliphatic heterocycles. The van der Waals surface area contributed by atoms with Crippen LogP contribution in [0.2, 0.25) is 0 Å². The monoisotopic (exact) mass is 632 g/mol. The number of aromatic nitrogens is 3. The normalized spacial score (nSPS) is 17.5. The SMILES string of the molecule is Cc1cc2cc(n1)-c1cnn(C)c1OCCCCCN1/C(=N/C2=O)Nc2cccc(NC(=O)C(C)([SiH3])NC(=O)OC(C)(C)C)c21. The van der Waals surface area contributed by atoms with E-state index in [1.54, 1.807) is 56.8 Å². The Hall–Kier alpha value is -4.72. The molecule has 0 radical (unpaired) electrons. The molecule has 13 nitrogen and oxygen atoms in total. The van der Waals surface area contributed by atoms with E-state index in [2.05, 4.69) is 31.0 Å². The maximum absolute atomic E-state index is 13.6. The van der Waals surface area contributed by atoms with Crippen LogP contribution in [0.3, 0.4) is 0 Å². The van der Waals surface area contributed by atoms with Gasteiger partial charge in [-0.1, -0.05) is 6.07 Å². The molecule has 0 aliphatic carbocycles. The van der Waals surface area contributed by atoms with Crippen molar-refractivity contribution < 1.29 is 23.9 Å². The number of para-hydroxylation sites is 1. The van der Waals surface area contributed by atoms with Crippen LogP contribution in [0.4, 0.5) is 21.9 Å². The summed E-state index contributed by atoms with van der Waals surface area (Å²) in [4.78, 5) is 50.7. The van der Waals surface area contributed by atoms with Gasteiger partial charge in [-0.05, 0) is 78.1 Å². The van der Waals surface area contributed by atoms with Gasteiger partial charge in [0.1, 0.15) is 5.60 Å². The van der Waals surface area contributed by atoms with Crippen LogP contribution in [0.15, 0.2) is 41.5 Å².